The smallest absolute Gasteiger partial charge is 0.123 e. The van der Waals surface area contributed by atoms with E-state index in [2.05, 4.69) is 18.9 Å². The van der Waals surface area contributed by atoms with E-state index < -0.39 is 0 Å². The van der Waals surface area contributed by atoms with Crippen molar-refractivity contribution in [3.05, 3.63) is 35.6 Å². The van der Waals surface area contributed by atoms with Gasteiger partial charge in [-0.2, -0.15) is 11.8 Å². The first-order valence-corrected chi connectivity index (χ1v) is 7.38. The highest BCUT2D eigenvalue weighted by atomic mass is 32.2. The van der Waals surface area contributed by atoms with E-state index >= 15 is 0 Å². The van der Waals surface area contributed by atoms with Gasteiger partial charge >= 0.3 is 0 Å². The molecule has 0 bridgehead atoms. The number of benzene rings is 1. The Morgan fingerprint density at radius 1 is 1.44 bits per heavy atom. The van der Waals surface area contributed by atoms with Crippen molar-refractivity contribution in [1.29, 1.82) is 0 Å². The third-order valence-electron chi connectivity index (χ3n) is 3.83. The number of nitrogens with two attached hydrogens (primary N) is 1. The maximum Gasteiger partial charge on any atom is 0.123 e. The van der Waals surface area contributed by atoms with E-state index in [0.29, 0.717) is 11.8 Å². The van der Waals surface area contributed by atoms with Crippen LogP contribution < -0.4 is 5.73 Å². The zero-order chi connectivity index (χ0) is 13.2. The summed E-state index contributed by atoms with van der Waals surface area (Å²) in [7, 11) is 2.12. The number of nitrogens with zero attached hydrogens (tertiary/aromatic N) is 1. The molecule has 2 N–H and O–H groups in total. The monoisotopic (exact) mass is 268 g/mol. The summed E-state index contributed by atoms with van der Waals surface area (Å²) >= 11 is 1.99. The lowest BCUT2D eigenvalue weighted by Crippen LogP contribution is -2.52. The zero-order valence-electron chi connectivity index (χ0n) is 11.0. The van der Waals surface area contributed by atoms with Gasteiger partial charge in [0.2, 0.25) is 0 Å². The SMILES string of the molecule is CC1CC(CN)(N(C)Cc2ccc(F)cc2)CS1. The Hall–Kier alpha value is -0.580. The molecule has 2 rings (SSSR count). The molecule has 1 aromatic rings. The summed E-state index contributed by atoms with van der Waals surface area (Å²) in [6.45, 7) is 3.76. The molecule has 1 aromatic carbocycles. The average Bonchev–Trinajstić information content (AvgIpc) is 2.75. The van der Waals surface area contributed by atoms with Gasteiger partial charge in [-0.15, -0.1) is 0 Å². The van der Waals surface area contributed by atoms with Crippen molar-refractivity contribution in [1.82, 2.24) is 4.90 Å². The van der Waals surface area contributed by atoms with Gasteiger partial charge in [-0.3, -0.25) is 4.90 Å². The van der Waals surface area contributed by atoms with Gasteiger partial charge in [0.1, 0.15) is 5.82 Å². The van der Waals surface area contributed by atoms with Gasteiger partial charge in [-0.05, 0) is 31.2 Å². The molecule has 1 aliphatic heterocycles. The molecule has 0 radical (unpaired) electrons. The zero-order valence-corrected chi connectivity index (χ0v) is 11.8. The van der Waals surface area contributed by atoms with Crippen molar-refractivity contribution in [2.45, 2.75) is 30.7 Å². The van der Waals surface area contributed by atoms with Crippen molar-refractivity contribution in [3.63, 3.8) is 0 Å². The fourth-order valence-corrected chi connectivity index (χ4v) is 4.02. The highest BCUT2D eigenvalue weighted by Crippen LogP contribution is 2.37. The maximum absolute atomic E-state index is 12.9. The predicted molar refractivity (Wildman–Crippen MR) is 76.2 cm³/mol. The first-order valence-electron chi connectivity index (χ1n) is 6.33. The van der Waals surface area contributed by atoms with Crippen LogP contribution >= 0.6 is 11.8 Å². The number of rotatable bonds is 4. The molecule has 100 valence electrons. The molecule has 0 aromatic heterocycles. The van der Waals surface area contributed by atoms with Gasteiger partial charge in [0.25, 0.3) is 0 Å². The van der Waals surface area contributed by atoms with Gasteiger partial charge in [-0.1, -0.05) is 19.1 Å². The van der Waals surface area contributed by atoms with Gasteiger partial charge < -0.3 is 5.73 Å². The molecular formula is C14H21FN2S. The highest BCUT2D eigenvalue weighted by molar-refractivity contribution is 8.00. The van der Waals surface area contributed by atoms with Crippen LogP contribution in [0.2, 0.25) is 0 Å². The van der Waals surface area contributed by atoms with E-state index in [1.165, 1.54) is 12.1 Å². The van der Waals surface area contributed by atoms with E-state index in [9.17, 15) is 4.39 Å². The summed E-state index contributed by atoms with van der Waals surface area (Å²) in [5.41, 5.74) is 7.23. The Bertz CT molecular complexity index is 395. The quantitative estimate of drug-likeness (QED) is 0.909. The Morgan fingerprint density at radius 3 is 2.61 bits per heavy atom. The van der Waals surface area contributed by atoms with E-state index in [1.807, 2.05) is 23.9 Å². The highest BCUT2D eigenvalue weighted by Gasteiger charge is 2.40. The third-order valence-corrected chi connectivity index (χ3v) is 5.27. The molecule has 4 heteroatoms. The molecule has 18 heavy (non-hydrogen) atoms. The van der Waals surface area contributed by atoms with Gasteiger partial charge in [0.15, 0.2) is 0 Å². The first kappa shape index (κ1) is 13.8. The lowest BCUT2D eigenvalue weighted by molar-refractivity contribution is 0.139. The van der Waals surface area contributed by atoms with Crippen molar-refractivity contribution in [3.8, 4) is 0 Å². The number of hydrogen-bond donors (Lipinski definition) is 1. The molecule has 0 aliphatic carbocycles. The third kappa shape index (κ3) is 2.87. The minimum absolute atomic E-state index is 0.0957. The van der Waals surface area contributed by atoms with E-state index in [1.54, 1.807) is 0 Å². The maximum atomic E-state index is 12.9. The molecule has 2 atom stereocenters. The summed E-state index contributed by atoms with van der Waals surface area (Å²) in [6, 6.07) is 6.73. The molecule has 1 saturated heterocycles. The molecule has 0 amide bonds. The second-order valence-corrected chi connectivity index (χ2v) is 6.66. The lowest BCUT2D eigenvalue weighted by atomic mass is 9.94. The molecule has 1 heterocycles. The number of hydrogen-bond acceptors (Lipinski definition) is 3. The van der Waals surface area contributed by atoms with Crippen molar-refractivity contribution in [2.75, 3.05) is 19.3 Å². The standard InChI is InChI=1S/C14H21FN2S/c1-11-7-14(9-16,10-18-11)17(2)8-12-3-5-13(15)6-4-12/h3-6,11H,7-10,16H2,1-2H3. The number of halogens is 1. The van der Waals surface area contributed by atoms with Crippen molar-refractivity contribution >= 4 is 11.8 Å². The second kappa shape index (κ2) is 5.59. The fraction of sp³-hybridized carbons (Fsp3) is 0.571. The van der Waals surface area contributed by atoms with Crippen LogP contribution in [0.25, 0.3) is 0 Å². The van der Waals surface area contributed by atoms with Crippen LogP contribution in [0.3, 0.4) is 0 Å². The van der Waals surface area contributed by atoms with Crippen LogP contribution in [0.4, 0.5) is 4.39 Å². The predicted octanol–water partition coefficient (Wildman–Crippen LogP) is 2.48. The minimum atomic E-state index is -0.181. The number of likely N-dealkylation sites (N-methyl/N-ethyl adjacent to an activating group) is 1. The van der Waals surface area contributed by atoms with Gasteiger partial charge in [-0.25, -0.2) is 4.39 Å². The van der Waals surface area contributed by atoms with Crippen LogP contribution in [0.5, 0.6) is 0 Å². The topological polar surface area (TPSA) is 29.3 Å². The Labute approximate surface area is 113 Å². The Kier molecular flexibility index (Phi) is 4.30. The van der Waals surface area contributed by atoms with Gasteiger partial charge in [0.05, 0.1) is 0 Å². The summed E-state index contributed by atoms with van der Waals surface area (Å²) in [5.74, 6) is 0.905. The largest absolute Gasteiger partial charge is 0.329 e. The van der Waals surface area contributed by atoms with E-state index in [-0.39, 0.29) is 11.4 Å². The Balaban J connectivity index is 2.06. The lowest BCUT2D eigenvalue weighted by Gasteiger charge is -2.37. The first-order chi connectivity index (χ1) is 8.55. The van der Waals surface area contributed by atoms with Crippen LogP contribution in [-0.2, 0) is 6.54 Å². The van der Waals surface area contributed by atoms with E-state index in [4.69, 9.17) is 5.73 Å². The molecule has 2 nitrogen and oxygen atoms in total. The molecule has 1 fully saturated rings. The average molecular weight is 268 g/mol. The second-order valence-electron chi connectivity index (χ2n) is 5.24. The van der Waals surface area contributed by atoms with Crippen molar-refractivity contribution < 1.29 is 4.39 Å². The molecule has 2 unspecified atom stereocenters. The summed E-state index contributed by atoms with van der Waals surface area (Å²) in [4.78, 5) is 2.33. The van der Waals surface area contributed by atoms with Crippen LogP contribution in [-0.4, -0.2) is 35.0 Å². The van der Waals surface area contributed by atoms with Crippen LogP contribution in [0.1, 0.15) is 18.9 Å². The van der Waals surface area contributed by atoms with Crippen LogP contribution in [0, 0.1) is 5.82 Å². The van der Waals surface area contributed by atoms with E-state index in [0.717, 1.165) is 24.3 Å². The van der Waals surface area contributed by atoms with Crippen LogP contribution in [0.15, 0.2) is 24.3 Å². The minimum Gasteiger partial charge on any atom is -0.329 e. The fourth-order valence-electron chi connectivity index (χ4n) is 2.55. The summed E-state index contributed by atoms with van der Waals surface area (Å²) < 4.78 is 12.9. The Morgan fingerprint density at radius 2 is 2.11 bits per heavy atom. The molecule has 1 aliphatic rings. The number of thioether (sulfide) groups is 1. The summed E-state index contributed by atoms with van der Waals surface area (Å²) in [5, 5.41) is 0.671. The normalized spacial score (nSPS) is 27.9. The van der Waals surface area contributed by atoms with Crippen molar-refractivity contribution in [2.24, 2.45) is 5.73 Å². The molecular weight excluding hydrogens is 247 g/mol. The molecule has 0 saturated carbocycles. The summed E-state index contributed by atoms with van der Waals surface area (Å²) in [6.07, 6.45) is 1.13. The molecule has 0 spiro atoms. The van der Waals surface area contributed by atoms with Gasteiger partial charge in [0, 0.05) is 29.6 Å².